The Morgan fingerprint density at radius 2 is 1.77 bits per heavy atom. The molecule has 1 atom stereocenters. The number of halogens is 4. The Balaban J connectivity index is 0.00000370. The fraction of sp³-hybridized carbons (Fsp3) is 0.214. The minimum atomic E-state index is -4.86. The quantitative estimate of drug-likeness (QED) is 0.320. The topological polar surface area (TPSA) is 93.1 Å². The molecule has 0 spiro atoms. The molecule has 40 heavy (non-hydrogen) atoms. The fourth-order valence-electron chi connectivity index (χ4n) is 4.94. The first-order chi connectivity index (χ1) is 18.7. The first-order valence-electron chi connectivity index (χ1n) is 12.1. The van der Waals surface area contributed by atoms with Crippen molar-refractivity contribution in [1.29, 1.82) is 5.26 Å². The Morgan fingerprint density at radius 3 is 2.45 bits per heavy atom. The van der Waals surface area contributed by atoms with E-state index in [9.17, 15) is 26.9 Å². The predicted octanol–water partition coefficient (Wildman–Crippen LogP) is 5.54. The smallest absolute Gasteiger partial charge is 0.364 e. The minimum Gasteiger partial charge on any atom is -0.364 e. The maximum Gasteiger partial charge on any atom is 0.417 e. The second-order valence-electron chi connectivity index (χ2n) is 9.30. The lowest BCUT2D eigenvalue weighted by Gasteiger charge is -2.32. The van der Waals surface area contributed by atoms with Crippen LogP contribution < -0.4 is 4.90 Å². The molecular formula is C28H25ClF3N5O2S. The molecule has 1 aromatic heterocycles. The number of benzene rings is 3. The summed E-state index contributed by atoms with van der Waals surface area (Å²) in [5.41, 5.74) is 1.96. The lowest BCUT2D eigenvalue weighted by Crippen LogP contribution is -2.46. The molecule has 0 saturated heterocycles. The van der Waals surface area contributed by atoms with Crippen molar-refractivity contribution >= 4 is 28.1 Å². The average molecular weight is 588 g/mol. The van der Waals surface area contributed by atoms with Gasteiger partial charge in [0.05, 0.1) is 40.7 Å². The van der Waals surface area contributed by atoms with Crippen LogP contribution in [0.15, 0.2) is 90.2 Å². The first kappa shape index (κ1) is 29.1. The molecule has 2 heterocycles. The molecule has 208 valence electrons. The Morgan fingerprint density at radius 1 is 1.05 bits per heavy atom. The van der Waals surface area contributed by atoms with Gasteiger partial charge in [0.15, 0.2) is 0 Å². The number of imidazole rings is 1. The first-order valence-corrected chi connectivity index (χ1v) is 13.6. The number of hydrogen-bond donors (Lipinski definition) is 1. The number of aromatic nitrogens is 2. The van der Waals surface area contributed by atoms with E-state index < -0.39 is 32.7 Å². The normalized spacial score (nSPS) is 15.9. The number of anilines is 1. The molecule has 0 aliphatic carbocycles. The Labute approximate surface area is 236 Å². The zero-order chi connectivity index (χ0) is 27.6. The van der Waals surface area contributed by atoms with E-state index in [-0.39, 0.29) is 31.9 Å². The molecule has 3 aromatic carbocycles. The van der Waals surface area contributed by atoms with Crippen LogP contribution in [-0.4, -0.2) is 35.3 Å². The molecule has 1 N–H and O–H groups in total. The Kier molecular flexibility index (Phi) is 8.54. The number of rotatable bonds is 6. The van der Waals surface area contributed by atoms with E-state index in [1.165, 1.54) is 12.1 Å². The number of nitriles is 1. The molecule has 0 amide bonds. The number of nitrogens with one attached hydrogen (secondary N) is 1. The number of nitrogens with zero attached hydrogens (tertiary/aromatic N) is 4. The second kappa shape index (κ2) is 11.7. The van der Waals surface area contributed by atoms with E-state index in [0.717, 1.165) is 27.7 Å². The zero-order valence-corrected chi connectivity index (χ0v) is 22.7. The van der Waals surface area contributed by atoms with Crippen molar-refractivity contribution in [3.05, 3.63) is 113 Å². The van der Waals surface area contributed by atoms with Gasteiger partial charge in [0.1, 0.15) is 0 Å². The van der Waals surface area contributed by atoms with Crippen molar-refractivity contribution in [2.75, 3.05) is 11.4 Å². The molecule has 12 heteroatoms. The third-order valence-electron chi connectivity index (χ3n) is 6.72. The molecule has 5 rings (SSSR count). The van der Waals surface area contributed by atoms with Crippen molar-refractivity contribution in [1.82, 2.24) is 14.3 Å². The molecule has 0 fully saturated rings. The largest absolute Gasteiger partial charge is 0.417 e. The van der Waals surface area contributed by atoms with Gasteiger partial charge in [0, 0.05) is 31.0 Å². The Bertz CT molecular complexity index is 1610. The number of hydrogen-bond acceptors (Lipinski definition) is 5. The highest BCUT2D eigenvalue weighted by Gasteiger charge is 2.42. The standard InChI is InChI=1S/C28H24F3N5O2S.ClH/c29-28(30,31)25-8-4-5-9-27(25)39(37,38)36-16-22-12-21(14-32)10-11-26(22)35(17-23-15-33-19-34-23)18-24(36)13-20-6-2-1-3-7-20;/h1-12,15,19,24H,13,16-18H2,(H,33,34);1H/t24-;/m1./s1. The van der Waals surface area contributed by atoms with Crippen LogP contribution in [0.25, 0.3) is 0 Å². The number of fused-ring (bicyclic) bond motifs is 1. The zero-order valence-electron chi connectivity index (χ0n) is 21.0. The minimum absolute atomic E-state index is 0. The monoisotopic (exact) mass is 587 g/mol. The second-order valence-corrected chi connectivity index (χ2v) is 11.2. The van der Waals surface area contributed by atoms with Gasteiger partial charge in [-0.3, -0.25) is 0 Å². The van der Waals surface area contributed by atoms with Gasteiger partial charge in [-0.2, -0.15) is 22.7 Å². The molecular weight excluding hydrogens is 563 g/mol. The maximum absolute atomic E-state index is 14.1. The van der Waals surface area contributed by atoms with Crippen LogP contribution in [0.2, 0.25) is 0 Å². The van der Waals surface area contributed by atoms with Crippen molar-refractivity contribution in [2.45, 2.75) is 36.6 Å². The van der Waals surface area contributed by atoms with Gasteiger partial charge in [0.25, 0.3) is 0 Å². The van der Waals surface area contributed by atoms with Crippen LogP contribution in [0.4, 0.5) is 18.9 Å². The molecule has 0 saturated carbocycles. The predicted molar refractivity (Wildman–Crippen MR) is 146 cm³/mol. The van der Waals surface area contributed by atoms with Gasteiger partial charge in [-0.1, -0.05) is 42.5 Å². The van der Waals surface area contributed by atoms with Crippen molar-refractivity contribution in [2.24, 2.45) is 0 Å². The van der Waals surface area contributed by atoms with E-state index >= 15 is 0 Å². The van der Waals surface area contributed by atoms with Gasteiger partial charge in [0.2, 0.25) is 10.0 Å². The summed E-state index contributed by atoms with van der Waals surface area (Å²) >= 11 is 0. The number of H-pyrrole nitrogens is 1. The van der Waals surface area contributed by atoms with Gasteiger partial charge in [-0.15, -0.1) is 12.4 Å². The summed E-state index contributed by atoms with van der Waals surface area (Å²) in [5.74, 6) is 0. The highest BCUT2D eigenvalue weighted by Crippen LogP contribution is 2.38. The van der Waals surface area contributed by atoms with E-state index in [2.05, 4.69) is 16.0 Å². The molecule has 0 bridgehead atoms. The van der Waals surface area contributed by atoms with Gasteiger partial charge < -0.3 is 9.88 Å². The van der Waals surface area contributed by atoms with Crippen LogP contribution in [-0.2, 0) is 35.7 Å². The molecule has 1 aliphatic rings. The maximum atomic E-state index is 14.1. The summed E-state index contributed by atoms with van der Waals surface area (Å²) in [7, 11) is -4.63. The highest BCUT2D eigenvalue weighted by atomic mass is 35.5. The van der Waals surface area contributed by atoms with Crippen LogP contribution in [0.3, 0.4) is 0 Å². The third-order valence-corrected chi connectivity index (χ3v) is 8.68. The third kappa shape index (κ3) is 5.99. The van der Waals surface area contributed by atoms with Crippen molar-refractivity contribution < 1.29 is 21.6 Å². The summed E-state index contributed by atoms with van der Waals surface area (Å²) < 4.78 is 71.2. The van der Waals surface area contributed by atoms with Gasteiger partial charge in [-0.25, -0.2) is 13.4 Å². The molecule has 7 nitrogen and oxygen atoms in total. The highest BCUT2D eigenvalue weighted by molar-refractivity contribution is 7.89. The summed E-state index contributed by atoms with van der Waals surface area (Å²) in [6.45, 7) is 0.355. The molecule has 4 aromatic rings. The van der Waals surface area contributed by atoms with Gasteiger partial charge in [-0.05, 0) is 47.9 Å². The summed E-state index contributed by atoms with van der Waals surface area (Å²) in [5, 5.41) is 9.53. The van der Waals surface area contributed by atoms with E-state index in [1.54, 1.807) is 30.7 Å². The lowest BCUT2D eigenvalue weighted by molar-refractivity contribution is -0.139. The SMILES string of the molecule is Cl.N#Cc1ccc2c(c1)CN(S(=O)(=O)c1ccccc1C(F)(F)F)[C@H](Cc1ccccc1)CN2Cc1cnc[nH]1. The van der Waals surface area contributed by atoms with Crippen LogP contribution >= 0.6 is 12.4 Å². The van der Waals surface area contributed by atoms with Gasteiger partial charge >= 0.3 is 6.18 Å². The summed E-state index contributed by atoms with van der Waals surface area (Å²) in [6.07, 6.45) is -1.39. The van der Waals surface area contributed by atoms with E-state index in [0.29, 0.717) is 23.4 Å². The average Bonchev–Trinajstić information content (AvgIpc) is 3.38. The van der Waals surface area contributed by atoms with Crippen LogP contribution in [0, 0.1) is 11.3 Å². The number of aromatic amines is 1. The summed E-state index contributed by atoms with van der Waals surface area (Å²) in [6, 6.07) is 19.8. The van der Waals surface area contributed by atoms with E-state index in [1.807, 2.05) is 35.2 Å². The number of sulfonamides is 1. The number of alkyl halides is 3. The van der Waals surface area contributed by atoms with Crippen LogP contribution in [0.5, 0.6) is 0 Å². The molecule has 0 radical (unpaired) electrons. The van der Waals surface area contributed by atoms with Crippen molar-refractivity contribution in [3.63, 3.8) is 0 Å². The fourth-order valence-corrected chi connectivity index (χ4v) is 6.75. The summed E-state index contributed by atoms with van der Waals surface area (Å²) in [4.78, 5) is 8.30. The Hall–Kier alpha value is -3.85. The lowest BCUT2D eigenvalue weighted by atomic mass is 10.1. The molecule has 0 unspecified atom stereocenters. The van der Waals surface area contributed by atoms with Crippen molar-refractivity contribution in [3.8, 4) is 6.07 Å². The van der Waals surface area contributed by atoms with E-state index in [4.69, 9.17) is 0 Å². The van der Waals surface area contributed by atoms with Crippen LogP contribution in [0.1, 0.15) is 27.9 Å². The molecule has 1 aliphatic heterocycles.